The highest BCUT2D eigenvalue weighted by Gasteiger charge is 2.33. The van der Waals surface area contributed by atoms with Gasteiger partial charge in [-0.15, -0.1) is 24.8 Å². The summed E-state index contributed by atoms with van der Waals surface area (Å²) in [5.74, 6) is 0.936. The van der Waals surface area contributed by atoms with Crippen LogP contribution in [0.15, 0.2) is 6.07 Å². The largest absolute Gasteiger partial charge is 0.479 e. The van der Waals surface area contributed by atoms with Gasteiger partial charge in [0.2, 0.25) is 12.5 Å². The van der Waals surface area contributed by atoms with E-state index in [2.05, 4.69) is 22.2 Å². The van der Waals surface area contributed by atoms with Crippen molar-refractivity contribution in [2.75, 3.05) is 73.3 Å². The minimum Gasteiger partial charge on any atom is -0.479 e. The topological polar surface area (TPSA) is 83.6 Å². The number of benzene rings is 1. The van der Waals surface area contributed by atoms with E-state index >= 15 is 0 Å². The van der Waals surface area contributed by atoms with E-state index in [9.17, 15) is 9.59 Å². The molecule has 3 heterocycles. The number of fused-ring (bicyclic) bond motifs is 2. The van der Waals surface area contributed by atoms with Crippen molar-refractivity contribution >= 4 is 36.6 Å². The Morgan fingerprint density at radius 1 is 1.12 bits per heavy atom. The number of rotatable bonds is 7. The van der Waals surface area contributed by atoms with Crippen molar-refractivity contribution in [3.05, 3.63) is 17.2 Å². The van der Waals surface area contributed by atoms with E-state index in [0.29, 0.717) is 42.3 Å². The normalized spacial score (nSPS) is 17.8. The summed E-state index contributed by atoms with van der Waals surface area (Å²) in [6, 6.07) is 1.84. The van der Waals surface area contributed by atoms with Crippen LogP contribution in [-0.4, -0.2) is 99.8 Å². The number of nitrogens with one attached hydrogen (secondary N) is 1. The van der Waals surface area contributed by atoms with Gasteiger partial charge in [-0.05, 0) is 38.1 Å². The molecule has 1 aromatic rings. The first-order valence-electron chi connectivity index (χ1n) is 10.5. The van der Waals surface area contributed by atoms with Gasteiger partial charge in [0.25, 0.3) is 11.8 Å². The molecular weight excluding hydrogens is 459 g/mol. The Labute approximate surface area is 201 Å². The Morgan fingerprint density at radius 2 is 1.88 bits per heavy atom. The number of nitrogens with zero attached hydrogens (tertiary/aromatic N) is 3. The fourth-order valence-electron chi connectivity index (χ4n) is 4.00. The van der Waals surface area contributed by atoms with E-state index in [1.165, 1.54) is 0 Å². The van der Waals surface area contributed by atoms with Gasteiger partial charge in [0.15, 0.2) is 18.1 Å². The molecule has 3 aliphatic heterocycles. The van der Waals surface area contributed by atoms with E-state index < -0.39 is 0 Å². The average Bonchev–Trinajstić information content (AvgIpc) is 3.21. The predicted octanol–water partition coefficient (Wildman–Crippen LogP) is 1.02. The van der Waals surface area contributed by atoms with Gasteiger partial charge in [-0.1, -0.05) is 0 Å². The summed E-state index contributed by atoms with van der Waals surface area (Å²) in [5.41, 5.74) is 1.33. The minimum absolute atomic E-state index is 0. The Balaban J connectivity index is 0.00000181. The van der Waals surface area contributed by atoms with Crippen molar-refractivity contribution in [2.24, 2.45) is 0 Å². The monoisotopic (exact) mass is 490 g/mol. The second-order valence-corrected chi connectivity index (χ2v) is 8.09. The van der Waals surface area contributed by atoms with Crippen LogP contribution in [0.4, 0.5) is 0 Å². The van der Waals surface area contributed by atoms with E-state index in [0.717, 1.165) is 44.7 Å². The summed E-state index contributed by atoms with van der Waals surface area (Å²) in [6.07, 6.45) is 1.61. The molecule has 9 nitrogen and oxygen atoms in total. The fourth-order valence-corrected chi connectivity index (χ4v) is 4.00. The van der Waals surface area contributed by atoms with Crippen LogP contribution in [0, 0.1) is 0 Å². The number of hydrogen-bond donors (Lipinski definition) is 1. The molecule has 3 aliphatic rings. The Bertz CT molecular complexity index is 818. The maximum Gasteiger partial charge on any atom is 0.257 e. The molecule has 0 aromatic heterocycles. The number of halogens is 2. The molecule has 0 atom stereocenters. The molecule has 4 rings (SSSR count). The van der Waals surface area contributed by atoms with Crippen molar-refractivity contribution in [3.63, 3.8) is 0 Å². The molecule has 0 spiro atoms. The molecule has 180 valence electrons. The molecule has 0 bridgehead atoms. The zero-order valence-electron chi connectivity index (χ0n) is 18.6. The third-order valence-electron chi connectivity index (χ3n) is 5.90. The molecular formula is C21H32Cl2N4O5. The molecule has 1 aromatic carbocycles. The lowest BCUT2D eigenvalue weighted by molar-refractivity contribution is -0.123. The molecule has 1 saturated heterocycles. The van der Waals surface area contributed by atoms with E-state index in [4.69, 9.17) is 14.2 Å². The molecule has 2 amide bonds. The van der Waals surface area contributed by atoms with Gasteiger partial charge in [-0.3, -0.25) is 9.59 Å². The molecule has 0 radical (unpaired) electrons. The third-order valence-corrected chi connectivity index (χ3v) is 5.90. The quantitative estimate of drug-likeness (QED) is 0.571. The van der Waals surface area contributed by atoms with Crippen LogP contribution >= 0.6 is 24.8 Å². The van der Waals surface area contributed by atoms with E-state index in [1.807, 2.05) is 6.07 Å². The molecule has 32 heavy (non-hydrogen) atoms. The van der Waals surface area contributed by atoms with Crippen molar-refractivity contribution in [3.8, 4) is 17.2 Å². The zero-order chi connectivity index (χ0) is 21.1. The first kappa shape index (κ1) is 26.3. The van der Waals surface area contributed by atoms with Gasteiger partial charge >= 0.3 is 0 Å². The molecule has 1 N–H and O–H groups in total. The second kappa shape index (κ2) is 11.8. The summed E-state index contributed by atoms with van der Waals surface area (Å²) >= 11 is 0. The van der Waals surface area contributed by atoms with Crippen LogP contribution in [0.2, 0.25) is 0 Å². The molecule has 1 fully saturated rings. The van der Waals surface area contributed by atoms with Crippen molar-refractivity contribution in [1.29, 1.82) is 0 Å². The predicted molar refractivity (Wildman–Crippen MR) is 125 cm³/mol. The molecule has 0 saturated carbocycles. The SMILES string of the molecule is CN1CCN(CCCNC(=O)COc2c3c(cc4c2C(=O)N(C)CC4)OCO3)CC1.Cl.Cl. The number of hydrogen-bond acceptors (Lipinski definition) is 7. The second-order valence-electron chi connectivity index (χ2n) is 8.09. The highest BCUT2D eigenvalue weighted by atomic mass is 35.5. The summed E-state index contributed by atoms with van der Waals surface area (Å²) in [5, 5.41) is 2.90. The number of carbonyl (C=O) groups excluding carboxylic acids is 2. The van der Waals surface area contributed by atoms with Gasteiger partial charge in [0.05, 0.1) is 5.56 Å². The van der Waals surface area contributed by atoms with Crippen LogP contribution in [0.1, 0.15) is 22.3 Å². The minimum atomic E-state index is -0.213. The first-order chi connectivity index (χ1) is 14.5. The molecule has 0 aliphatic carbocycles. The number of amides is 2. The maximum absolute atomic E-state index is 12.7. The lowest BCUT2D eigenvalue weighted by atomic mass is 9.97. The summed E-state index contributed by atoms with van der Waals surface area (Å²) < 4.78 is 16.8. The molecule has 11 heteroatoms. The summed E-state index contributed by atoms with van der Waals surface area (Å²) in [6.45, 7) is 6.44. The number of ether oxygens (including phenoxy) is 3. The van der Waals surface area contributed by atoms with Crippen molar-refractivity contribution in [1.82, 2.24) is 20.0 Å². The lowest BCUT2D eigenvalue weighted by Gasteiger charge is -2.32. The highest BCUT2D eigenvalue weighted by Crippen LogP contribution is 2.46. The van der Waals surface area contributed by atoms with E-state index in [1.54, 1.807) is 11.9 Å². The van der Waals surface area contributed by atoms with Crippen LogP contribution in [0.5, 0.6) is 17.2 Å². The van der Waals surface area contributed by atoms with Crippen LogP contribution in [0.25, 0.3) is 0 Å². The van der Waals surface area contributed by atoms with Crippen LogP contribution in [0.3, 0.4) is 0 Å². The number of likely N-dealkylation sites (N-methyl/N-ethyl adjacent to an activating group) is 2. The van der Waals surface area contributed by atoms with E-state index in [-0.39, 0.29) is 50.0 Å². The maximum atomic E-state index is 12.7. The van der Waals surface area contributed by atoms with Crippen molar-refractivity contribution < 1.29 is 23.8 Å². The average molecular weight is 491 g/mol. The Morgan fingerprint density at radius 3 is 2.62 bits per heavy atom. The molecule has 0 unspecified atom stereocenters. The highest BCUT2D eigenvalue weighted by molar-refractivity contribution is 6.01. The van der Waals surface area contributed by atoms with Crippen LogP contribution in [-0.2, 0) is 11.2 Å². The van der Waals surface area contributed by atoms with Crippen molar-refractivity contribution in [2.45, 2.75) is 12.8 Å². The third kappa shape index (κ3) is 5.89. The van der Waals surface area contributed by atoms with Gasteiger partial charge in [0, 0.05) is 46.3 Å². The summed E-state index contributed by atoms with van der Waals surface area (Å²) in [4.78, 5) is 31.4. The number of piperazine rings is 1. The standard InChI is InChI=1S/C21H30N4O5.2ClH/c1-23-8-10-25(11-9-23)6-3-5-22-17(26)13-28-20-18-15(4-7-24(2)21(18)27)12-16-19(20)30-14-29-16;;/h12H,3-11,13-14H2,1-2H3,(H,22,26);2*1H. The van der Waals surface area contributed by atoms with Gasteiger partial charge < -0.3 is 34.2 Å². The smallest absolute Gasteiger partial charge is 0.257 e. The van der Waals surface area contributed by atoms with Gasteiger partial charge in [0.1, 0.15) is 0 Å². The Kier molecular flexibility index (Phi) is 9.69. The fraction of sp³-hybridized carbons (Fsp3) is 0.619. The zero-order valence-corrected chi connectivity index (χ0v) is 20.2. The van der Waals surface area contributed by atoms with Crippen LogP contribution < -0.4 is 19.5 Å². The first-order valence-corrected chi connectivity index (χ1v) is 10.5. The van der Waals surface area contributed by atoms with Gasteiger partial charge in [-0.2, -0.15) is 0 Å². The summed E-state index contributed by atoms with van der Waals surface area (Å²) in [7, 11) is 3.90. The lowest BCUT2D eigenvalue weighted by Crippen LogP contribution is -2.45. The number of carbonyl (C=O) groups is 2. The Hall–Kier alpha value is -1.94. The van der Waals surface area contributed by atoms with Gasteiger partial charge in [-0.25, -0.2) is 0 Å².